The van der Waals surface area contributed by atoms with Gasteiger partial charge < -0.3 is 10.6 Å². The van der Waals surface area contributed by atoms with Crippen LogP contribution >= 0.6 is 35.0 Å². The summed E-state index contributed by atoms with van der Waals surface area (Å²) in [6.45, 7) is 4.38. The number of hydrogen-bond acceptors (Lipinski definition) is 2. The maximum atomic E-state index is 12.0. The molecular weight excluding hydrogens is 387 g/mol. The monoisotopic (exact) mass is 408 g/mol. The molecule has 1 aliphatic rings. The molecular formula is C15H22ClIN2O. The van der Waals surface area contributed by atoms with E-state index in [-0.39, 0.29) is 18.3 Å². The highest BCUT2D eigenvalue weighted by molar-refractivity contribution is 14.1. The molecule has 1 saturated heterocycles. The van der Waals surface area contributed by atoms with Crippen LogP contribution in [0, 0.1) is 15.4 Å². The Hall–Kier alpha value is -0.330. The van der Waals surface area contributed by atoms with E-state index in [0.717, 1.165) is 18.8 Å². The van der Waals surface area contributed by atoms with Gasteiger partial charge in [-0.25, -0.2) is 0 Å². The first kappa shape index (κ1) is 17.7. The van der Waals surface area contributed by atoms with Crippen LogP contribution in [0.4, 0.5) is 5.69 Å². The van der Waals surface area contributed by atoms with Crippen molar-refractivity contribution in [1.82, 2.24) is 5.32 Å². The smallest absolute Gasteiger partial charge is 0.224 e. The van der Waals surface area contributed by atoms with Gasteiger partial charge in [-0.3, -0.25) is 4.79 Å². The Morgan fingerprint density at radius 3 is 2.55 bits per heavy atom. The molecule has 1 aromatic carbocycles. The Morgan fingerprint density at radius 2 is 1.95 bits per heavy atom. The second kappa shape index (κ2) is 8.85. The zero-order chi connectivity index (χ0) is 13.7. The molecule has 3 nitrogen and oxygen atoms in total. The number of rotatable bonds is 4. The molecule has 1 unspecified atom stereocenters. The van der Waals surface area contributed by atoms with Crippen LogP contribution in [-0.4, -0.2) is 19.0 Å². The number of anilines is 1. The van der Waals surface area contributed by atoms with Gasteiger partial charge in [0.05, 0.1) is 0 Å². The third-order valence-corrected chi connectivity index (χ3v) is 4.54. The Balaban J connectivity index is 0.00000200. The van der Waals surface area contributed by atoms with Gasteiger partial charge in [0.1, 0.15) is 0 Å². The fourth-order valence-corrected chi connectivity index (χ4v) is 2.98. The van der Waals surface area contributed by atoms with E-state index in [1.54, 1.807) is 0 Å². The molecule has 0 saturated carbocycles. The van der Waals surface area contributed by atoms with Gasteiger partial charge in [-0.1, -0.05) is 6.92 Å². The number of carbonyl (C=O) groups is 1. The first-order valence-electron chi connectivity index (χ1n) is 6.91. The van der Waals surface area contributed by atoms with E-state index >= 15 is 0 Å². The zero-order valence-electron chi connectivity index (χ0n) is 11.7. The van der Waals surface area contributed by atoms with Crippen molar-refractivity contribution in [3.05, 3.63) is 27.8 Å². The van der Waals surface area contributed by atoms with Crippen LogP contribution in [0.2, 0.25) is 0 Å². The average molecular weight is 409 g/mol. The van der Waals surface area contributed by atoms with Crippen molar-refractivity contribution in [1.29, 1.82) is 0 Å². The lowest BCUT2D eigenvalue weighted by Crippen LogP contribution is -2.32. The van der Waals surface area contributed by atoms with E-state index in [1.165, 1.54) is 16.4 Å². The average Bonchev–Trinajstić information content (AvgIpc) is 2.42. The van der Waals surface area contributed by atoms with Gasteiger partial charge in [-0.2, -0.15) is 0 Å². The normalized spacial score (nSPS) is 17.1. The molecule has 0 radical (unpaired) electrons. The number of carbonyl (C=O) groups excluding carboxylic acids is 1. The van der Waals surface area contributed by atoms with Crippen LogP contribution < -0.4 is 10.6 Å². The predicted octanol–water partition coefficient (Wildman–Crippen LogP) is 3.68. The van der Waals surface area contributed by atoms with Crippen molar-refractivity contribution in [2.45, 2.75) is 26.2 Å². The maximum Gasteiger partial charge on any atom is 0.224 e. The van der Waals surface area contributed by atoms with Crippen LogP contribution in [0.1, 0.15) is 26.2 Å². The Bertz CT molecular complexity index is 418. The lowest BCUT2D eigenvalue weighted by Gasteiger charge is -2.27. The second-order valence-corrected chi connectivity index (χ2v) is 6.57. The molecule has 5 heteroatoms. The predicted molar refractivity (Wildman–Crippen MR) is 94.4 cm³/mol. The number of hydrogen-bond donors (Lipinski definition) is 2. The molecule has 0 aromatic heterocycles. The van der Waals surface area contributed by atoms with Gasteiger partial charge in [0.25, 0.3) is 0 Å². The minimum atomic E-state index is 0. The quantitative estimate of drug-likeness (QED) is 0.746. The highest BCUT2D eigenvalue weighted by atomic mass is 127. The van der Waals surface area contributed by atoms with E-state index in [9.17, 15) is 4.79 Å². The molecule has 20 heavy (non-hydrogen) atoms. The van der Waals surface area contributed by atoms with Crippen LogP contribution in [0.3, 0.4) is 0 Å². The number of piperidine rings is 1. The molecule has 2 N–H and O–H groups in total. The maximum absolute atomic E-state index is 12.0. The summed E-state index contributed by atoms with van der Waals surface area (Å²) in [4.78, 5) is 12.0. The van der Waals surface area contributed by atoms with E-state index < -0.39 is 0 Å². The number of amides is 1. The van der Waals surface area contributed by atoms with E-state index in [0.29, 0.717) is 18.3 Å². The third-order valence-electron chi connectivity index (χ3n) is 3.82. The molecule has 0 bridgehead atoms. The SMILES string of the molecule is CC(CC(=O)Nc1ccc(I)cc1)C1CCNCC1.Cl. The van der Waals surface area contributed by atoms with Crippen LogP contribution in [-0.2, 0) is 4.79 Å². The standard InChI is InChI=1S/C15H21IN2O.ClH/c1-11(12-6-8-17-9-7-12)10-15(19)18-14-4-2-13(16)3-5-14;/h2-5,11-12,17H,6-10H2,1H3,(H,18,19);1H. The first-order chi connectivity index (χ1) is 9.15. The molecule has 0 aliphatic carbocycles. The van der Waals surface area contributed by atoms with Gasteiger partial charge in [0.15, 0.2) is 0 Å². The summed E-state index contributed by atoms with van der Waals surface area (Å²) in [5.41, 5.74) is 0.892. The van der Waals surface area contributed by atoms with Gasteiger partial charge >= 0.3 is 0 Å². The molecule has 0 spiro atoms. The number of halogens is 2. The molecule has 1 atom stereocenters. The Morgan fingerprint density at radius 1 is 1.35 bits per heavy atom. The summed E-state index contributed by atoms with van der Waals surface area (Å²) in [5.74, 6) is 1.28. The van der Waals surface area contributed by atoms with Crippen molar-refractivity contribution in [2.75, 3.05) is 18.4 Å². The lowest BCUT2D eigenvalue weighted by atomic mass is 9.84. The Kier molecular flexibility index (Phi) is 7.84. The minimum Gasteiger partial charge on any atom is -0.326 e. The fraction of sp³-hybridized carbons (Fsp3) is 0.533. The molecule has 1 heterocycles. The molecule has 112 valence electrons. The summed E-state index contributed by atoms with van der Waals surface area (Å²) in [6, 6.07) is 7.92. The summed E-state index contributed by atoms with van der Waals surface area (Å²) in [6.07, 6.45) is 3.01. The minimum absolute atomic E-state index is 0. The van der Waals surface area contributed by atoms with E-state index in [1.807, 2.05) is 24.3 Å². The fourth-order valence-electron chi connectivity index (χ4n) is 2.62. The zero-order valence-corrected chi connectivity index (χ0v) is 14.7. The summed E-state index contributed by atoms with van der Waals surface area (Å²) in [7, 11) is 0. The lowest BCUT2D eigenvalue weighted by molar-refractivity contribution is -0.117. The molecule has 2 rings (SSSR count). The number of nitrogens with one attached hydrogen (secondary N) is 2. The highest BCUT2D eigenvalue weighted by Crippen LogP contribution is 2.24. The van der Waals surface area contributed by atoms with Gasteiger partial charge in [-0.15, -0.1) is 12.4 Å². The van der Waals surface area contributed by atoms with E-state index in [4.69, 9.17) is 0 Å². The van der Waals surface area contributed by atoms with Gasteiger partial charge in [-0.05, 0) is 84.6 Å². The number of benzene rings is 1. The summed E-state index contributed by atoms with van der Waals surface area (Å²) in [5, 5.41) is 6.35. The third kappa shape index (κ3) is 5.58. The largest absolute Gasteiger partial charge is 0.326 e. The van der Waals surface area contributed by atoms with Gasteiger partial charge in [0, 0.05) is 15.7 Å². The van der Waals surface area contributed by atoms with Crippen LogP contribution in [0.5, 0.6) is 0 Å². The highest BCUT2D eigenvalue weighted by Gasteiger charge is 2.21. The Labute approximate surface area is 140 Å². The van der Waals surface area contributed by atoms with E-state index in [2.05, 4.69) is 40.1 Å². The molecule has 1 amide bonds. The second-order valence-electron chi connectivity index (χ2n) is 5.32. The van der Waals surface area contributed by atoms with Crippen molar-refractivity contribution in [3.8, 4) is 0 Å². The molecule has 1 fully saturated rings. The van der Waals surface area contributed by atoms with Crippen molar-refractivity contribution in [2.24, 2.45) is 11.8 Å². The molecule has 1 aromatic rings. The van der Waals surface area contributed by atoms with Crippen molar-refractivity contribution < 1.29 is 4.79 Å². The topological polar surface area (TPSA) is 41.1 Å². The van der Waals surface area contributed by atoms with Crippen LogP contribution in [0.15, 0.2) is 24.3 Å². The first-order valence-corrected chi connectivity index (χ1v) is 7.99. The molecule has 1 aliphatic heterocycles. The van der Waals surface area contributed by atoms with Gasteiger partial charge in [0.2, 0.25) is 5.91 Å². The van der Waals surface area contributed by atoms with Crippen LogP contribution in [0.25, 0.3) is 0 Å². The summed E-state index contributed by atoms with van der Waals surface area (Å²) >= 11 is 2.26. The van der Waals surface area contributed by atoms with Crippen molar-refractivity contribution in [3.63, 3.8) is 0 Å². The summed E-state index contributed by atoms with van der Waals surface area (Å²) < 4.78 is 1.18. The van der Waals surface area contributed by atoms with Crippen molar-refractivity contribution >= 4 is 46.6 Å².